The number of hydrogen-bond acceptors (Lipinski definition) is 10. The van der Waals surface area contributed by atoms with Gasteiger partial charge in [-0.3, -0.25) is 29.6 Å². The predicted octanol–water partition coefficient (Wildman–Crippen LogP) is 5.58. The number of piperazine rings is 1. The van der Waals surface area contributed by atoms with Crippen molar-refractivity contribution in [1.82, 2.24) is 30.4 Å². The molecule has 4 aliphatic heterocycles. The van der Waals surface area contributed by atoms with Gasteiger partial charge in [0.25, 0.3) is 5.91 Å². The Morgan fingerprint density at radius 1 is 0.796 bits per heavy atom. The summed E-state index contributed by atoms with van der Waals surface area (Å²) in [5.74, 6) is -0.0851. The number of nitrogens with one attached hydrogen (secondary N) is 3. The summed E-state index contributed by atoms with van der Waals surface area (Å²) in [5, 5.41) is 11.2. The summed E-state index contributed by atoms with van der Waals surface area (Å²) in [6.07, 6.45) is 5.32. The Kier molecular flexibility index (Phi) is 9.50. The van der Waals surface area contributed by atoms with Crippen LogP contribution in [-0.2, 0) is 9.59 Å². The fourth-order valence-electron chi connectivity index (χ4n) is 8.60. The maximum absolute atomic E-state index is 12.8. The van der Waals surface area contributed by atoms with Gasteiger partial charge in [-0.15, -0.1) is 11.3 Å². The van der Waals surface area contributed by atoms with E-state index in [1.54, 1.807) is 0 Å². The second-order valence-electron chi connectivity index (χ2n) is 15.3. The van der Waals surface area contributed by atoms with Crippen molar-refractivity contribution in [2.75, 3.05) is 69.1 Å². The van der Waals surface area contributed by atoms with E-state index in [1.807, 2.05) is 31.2 Å². The van der Waals surface area contributed by atoms with Gasteiger partial charge >= 0.3 is 0 Å². The molecule has 3 amide bonds. The Bertz CT molecular complexity index is 2210. The molecule has 5 aromatic rings. The zero-order valence-corrected chi connectivity index (χ0v) is 31.5. The number of amides is 3. The van der Waals surface area contributed by atoms with Crippen LogP contribution in [0.25, 0.3) is 32.4 Å². The third kappa shape index (κ3) is 6.94. The molecule has 0 bridgehead atoms. The molecule has 1 unspecified atom stereocenters. The third-order valence-electron chi connectivity index (χ3n) is 11.8. The summed E-state index contributed by atoms with van der Waals surface area (Å²) >= 11 is 1.53. The number of aromatic nitrogens is 2. The number of piperidine rings is 2. The average molecular weight is 743 g/mol. The highest BCUT2D eigenvalue weighted by atomic mass is 32.1. The van der Waals surface area contributed by atoms with E-state index in [1.165, 1.54) is 22.6 Å². The van der Waals surface area contributed by atoms with Crippen LogP contribution in [-0.4, -0.2) is 102 Å². The molecule has 7 heterocycles. The summed E-state index contributed by atoms with van der Waals surface area (Å²) in [7, 11) is 0. The van der Waals surface area contributed by atoms with Crippen molar-refractivity contribution in [3.63, 3.8) is 0 Å². The van der Waals surface area contributed by atoms with E-state index >= 15 is 0 Å². The zero-order chi connectivity index (χ0) is 36.8. The Hall–Kier alpha value is -4.91. The minimum atomic E-state index is -0.235. The molecule has 9 rings (SSSR count). The summed E-state index contributed by atoms with van der Waals surface area (Å²) < 4.78 is 1.08. The molecule has 0 saturated carbocycles. The van der Waals surface area contributed by atoms with E-state index in [0.29, 0.717) is 25.3 Å². The van der Waals surface area contributed by atoms with Crippen LogP contribution in [0.5, 0.6) is 0 Å². The highest BCUT2D eigenvalue weighted by Gasteiger charge is 2.29. The van der Waals surface area contributed by atoms with Crippen molar-refractivity contribution < 1.29 is 14.4 Å². The second kappa shape index (κ2) is 14.7. The van der Waals surface area contributed by atoms with Gasteiger partial charge in [0.2, 0.25) is 11.8 Å². The number of pyridine rings is 2. The number of benzene rings is 2. The number of anilines is 2. The number of imide groups is 1. The van der Waals surface area contributed by atoms with Gasteiger partial charge in [0, 0.05) is 85.6 Å². The van der Waals surface area contributed by atoms with Crippen LogP contribution in [0.4, 0.5) is 11.4 Å². The van der Waals surface area contributed by atoms with Gasteiger partial charge in [-0.1, -0.05) is 18.2 Å². The van der Waals surface area contributed by atoms with Crippen LogP contribution >= 0.6 is 11.3 Å². The molecule has 3 N–H and O–H groups in total. The summed E-state index contributed by atoms with van der Waals surface area (Å²) in [6.45, 7) is 11.2. The highest BCUT2D eigenvalue weighted by Crippen LogP contribution is 2.41. The smallest absolute Gasteiger partial charge is 0.263 e. The van der Waals surface area contributed by atoms with Crippen molar-refractivity contribution in [2.45, 2.75) is 50.5 Å². The molecule has 3 aromatic heterocycles. The molecule has 11 nitrogen and oxygen atoms in total. The molecule has 0 spiro atoms. The van der Waals surface area contributed by atoms with Gasteiger partial charge in [0.15, 0.2) is 0 Å². The van der Waals surface area contributed by atoms with E-state index in [0.717, 1.165) is 114 Å². The van der Waals surface area contributed by atoms with Crippen molar-refractivity contribution in [3.8, 4) is 11.4 Å². The standard InChI is InChI=1S/C42H46N8O3S/c1-26-24-44-39-38-32-7-10-35(46-33(32)11-12-36(38)54-40(39)42(53)45-26)34-9-4-29(25-43-34)27-14-16-48(17-15-27)18-19-49-20-22-50(23-21-49)30-5-2-28(3-6-30)31-8-13-37(51)47-41(31)52/h2-7,9-12,25-27,31,44H,8,13-24H2,1H3,(H,45,53)(H,47,51,52)/t26-,31?/m1/s1. The summed E-state index contributed by atoms with van der Waals surface area (Å²) in [6, 6.07) is 21.1. The summed E-state index contributed by atoms with van der Waals surface area (Å²) in [5.41, 5.74) is 7.03. The fourth-order valence-corrected chi connectivity index (χ4v) is 9.70. The lowest BCUT2D eigenvalue weighted by atomic mass is 9.90. The van der Waals surface area contributed by atoms with Crippen LogP contribution < -0.4 is 20.9 Å². The maximum Gasteiger partial charge on any atom is 0.263 e. The summed E-state index contributed by atoms with van der Waals surface area (Å²) in [4.78, 5) is 54.9. The Labute approximate surface area is 319 Å². The molecular formula is C42H46N8O3S. The number of thiophene rings is 1. The predicted molar refractivity (Wildman–Crippen MR) is 214 cm³/mol. The molecule has 54 heavy (non-hydrogen) atoms. The van der Waals surface area contributed by atoms with Gasteiger partial charge < -0.3 is 20.4 Å². The number of fused-ring (bicyclic) bond motifs is 5. The first-order chi connectivity index (χ1) is 26.4. The van der Waals surface area contributed by atoms with Crippen LogP contribution in [0, 0.1) is 0 Å². The van der Waals surface area contributed by atoms with Gasteiger partial charge in [0.1, 0.15) is 4.88 Å². The SMILES string of the molecule is C[C@@H]1CNc2c(sc3ccc4nc(-c5ccc(C6CCN(CCN7CCN(c8ccc(C9CCC(=O)NC9=O)cc8)CC7)CC6)cn5)ccc4c23)C(=O)N1. The first kappa shape index (κ1) is 34.8. The van der Waals surface area contributed by atoms with E-state index in [2.05, 4.69) is 73.2 Å². The number of rotatable bonds is 7. The molecule has 12 heteroatoms. The molecule has 0 aliphatic carbocycles. The maximum atomic E-state index is 12.8. The van der Waals surface area contributed by atoms with Gasteiger partial charge in [0.05, 0.1) is 28.5 Å². The van der Waals surface area contributed by atoms with Crippen molar-refractivity contribution in [3.05, 3.63) is 82.9 Å². The Morgan fingerprint density at radius 3 is 2.28 bits per heavy atom. The molecule has 278 valence electrons. The molecule has 0 radical (unpaired) electrons. The van der Waals surface area contributed by atoms with E-state index < -0.39 is 0 Å². The first-order valence-corrected chi connectivity index (χ1v) is 20.2. The fraction of sp³-hybridized carbons (Fsp3) is 0.405. The lowest BCUT2D eigenvalue weighted by Crippen LogP contribution is -2.49. The normalized spacial score (nSPS) is 21.8. The highest BCUT2D eigenvalue weighted by molar-refractivity contribution is 7.21. The van der Waals surface area contributed by atoms with Gasteiger partial charge in [-0.2, -0.15) is 0 Å². The molecular weight excluding hydrogens is 697 g/mol. The van der Waals surface area contributed by atoms with Crippen LogP contribution in [0.3, 0.4) is 0 Å². The minimum absolute atomic E-state index is 0.0163. The van der Waals surface area contributed by atoms with Crippen LogP contribution in [0.1, 0.15) is 65.2 Å². The lowest BCUT2D eigenvalue weighted by Gasteiger charge is -2.38. The molecule has 3 fully saturated rings. The Balaban J connectivity index is 0.755. The average Bonchev–Trinajstić information content (AvgIpc) is 3.52. The van der Waals surface area contributed by atoms with Crippen molar-refractivity contribution >= 4 is 61.4 Å². The largest absolute Gasteiger partial charge is 0.381 e. The van der Waals surface area contributed by atoms with E-state index in [4.69, 9.17) is 9.97 Å². The lowest BCUT2D eigenvalue weighted by molar-refractivity contribution is -0.134. The van der Waals surface area contributed by atoms with Crippen molar-refractivity contribution in [2.24, 2.45) is 0 Å². The minimum Gasteiger partial charge on any atom is -0.381 e. The number of likely N-dealkylation sites (tertiary alicyclic amines) is 1. The zero-order valence-electron chi connectivity index (χ0n) is 30.6. The molecule has 2 atom stereocenters. The topological polar surface area (TPSA) is 123 Å². The first-order valence-electron chi connectivity index (χ1n) is 19.4. The monoisotopic (exact) mass is 742 g/mol. The van der Waals surface area contributed by atoms with E-state index in [9.17, 15) is 14.4 Å². The Morgan fingerprint density at radius 2 is 1.54 bits per heavy atom. The number of hydrogen-bond donors (Lipinski definition) is 3. The van der Waals surface area contributed by atoms with Gasteiger partial charge in [-0.25, -0.2) is 4.98 Å². The third-order valence-corrected chi connectivity index (χ3v) is 13.0. The number of nitrogens with zero attached hydrogens (tertiary/aromatic N) is 5. The number of carbonyl (C=O) groups excluding carboxylic acids is 3. The van der Waals surface area contributed by atoms with Crippen molar-refractivity contribution in [1.29, 1.82) is 0 Å². The van der Waals surface area contributed by atoms with Gasteiger partial charge in [-0.05, 0) is 98.8 Å². The molecule has 2 aromatic carbocycles. The quantitative estimate of drug-likeness (QED) is 0.184. The second-order valence-corrected chi connectivity index (χ2v) is 16.3. The van der Waals surface area contributed by atoms with Crippen LogP contribution in [0.2, 0.25) is 0 Å². The van der Waals surface area contributed by atoms with Crippen LogP contribution in [0.15, 0.2) is 66.9 Å². The number of carbonyl (C=O) groups is 3. The molecule has 4 aliphatic rings. The van der Waals surface area contributed by atoms with E-state index in [-0.39, 0.29) is 29.7 Å². The molecule has 3 saturated heterocycles.